The molecule has 0 bridgehead atoms. The van der Waals surface area contributed by atoms with Gasteiger partial charge in [0.05, 0.1) is 17.0 Å². The molecule has 2 aromatic carbocycles. The van der Waals surface area contributed by atoms with Crippen LogP contribution in [0.25, 0.3) is 33.0 Å². The van der Waals surface area contributed by atoms with Crippen molar-refractivity contribution in [2.75, 3.05) is 0 Å². The molecule has 0 aliphatic carbocycles. The Morgan fingerprint density at radius 2 is 1.47 bits per heavy atom. The van der Waals surface area contributed by atoms with Gasteiger partial charge < -0.3 is 0 Å². The predicted octanol–water partition coefficient (Wildman–Crippen LogP) is 6.72. The second-order valence-electron chi connectivity index (χ2n) is 7.16. The van der Waals surface area contributed by atoms with Gasteiger partial charge in [0, 0.05) is 16.0 Å². The van der Waals surface area contributed by atoms with Crippen molar-refractivity contribution in [1.29, 1.82) is 0 Å². The maximum Gasteiger partial charge on any atom is 0.416 e. The van der Waals surface area contributed by atoms with Crippen LogP contribution in [0.1, 0.15) is 11.1 Å². The average Bonchev–Trinajstić information content (AvgIpc) is 3.24. The van der Waals surface area contributed by atoms with Crippen LogP contribution in [0.3, 0.4) is 0 Å². The number of thiophene rings is 1. The number of aromatic nitrogens is 1. The highest BCUT2D eigenvalue weighted by Crippen LogP contribution is 2.34. The quantitative estimate of drug-likeness (QED) is 0.333. The monoisotopic (exact) mass is 475 g/mol. The van der Waals surface area contributed by atoms with E-state index in [1.165, 1.54) is 18.2 Å². The number of pyridine rings is 1. The van der Waals surface area contributed by atoms with Crippen LogP contribution >= 0.6 is 11.3 Å². The van der Waals surface area contributed by atoms with Gasteiger partial charge >= 0.3 is 16.3 Å². The maximum absolute atomic E-state index is 12.9. The molecular weight excluding hydrogens is 459 g/mol. The molecule has 4 nitrogen and oxygen atoms in total. The highest BCUT2D eigenvalue weighted by atomic mass is 32.3. The standard InChI is InChI=1S/C23H16F3NO3S2/c1-14-11-19(15-5-7-18(8-6-15)23(24,25)26)27-20(12-14)16-3-2-4-17(13-16)21-9-10-22(31-21)32(28,29)30/h2-13H,1H3,(H,28,29,30). The van der Waals surface area contributed by atoms with Crippen LogP contribution in [0.4, 0.5) is 13.2 Å². The Bertz CT molecular complexity index is 1390. The predicted molar refractivity (Wildman–Crippen MR) is 118 cm³/mol. The smallest absolute Gasteiger partial charge is 0.281 e. The summed E-state index contributed by atoms with van der Waals surface area (Å²) in [7, 11) is -4.27. The summed E-state index contributed by atoms with van der Waals surface area (Å²) in [6.45, 7) is 1.88. The Morgan fingerprint density at radius 1 is 0.844 bits per heavy atom. The molecule has 164 valence electrons. The van der Waals surface area contributed by atoms with E-state index in [0.29, 0.717) is 21.8 Å². The van der Waals surface area contributed by atoms with Crippen molar-refractivity contribution in [3.63, 3.8) is 0 Å². The van der Waals surface area contributed by atoms with Gasteiger partial charge in [0.2, 0.25) is 0 Å². The molecule has 0 fully saturated rings. The van der Waals surface area contributed by atoms with E-state index in [4.69, 9.17) is 0 Å². The zero-order chi connectivity index (χ0) is 23.1. The van der Waals surface area contributed by atoms with Crippen molar-refractivity contribution in [3.8, 4) is 33.0 Å². The number of hydrogen-bond donors (Lipinski definition) is 1. The van der Waals surface area contributed by atoms with Gasteiger partial charge in [-0.1, -0.05) is 30.3 Å². The van der Waals surface area contributed by atoms with E-state index in [-0.39, 0.29) is 4.21 Å². The molecule has 0 saturated heterocycles. The number of alkyl halides is 3. The van der Waals surface area contributed by atoms with Crippen molar-refractivity contribution in [1.82, 2.24) is 4.98 Å². The fraction of sp³-hybridized carbons (Fsp3) is 0.0870. The zero-order valence-corrected chi connectivity index (χ0v) is 18.2. The fourth-order valence-corrected chi connectivity index (χ4v) is 4.90. The average molecular weight is 476 g/mol. The summed E-state index contributed by atoms with van der Waals surface area (Å²) in [5.41, 5.74) is 3.43. The van der Waals surface area contributed by atoms with Crippen molar-refractivity contribution >= 4 is 21.5 Å². The van der Waals surface area contributed by atoms with Gasteiger partial charge in [0.25, 0.3) is 0 Å². The Morgan fingerprint density at radius 3 is 2.06 bits per heavy atom. The van der Waals surface area contributed by atoms with Gasteiger partial charge in [-0.15, -0.1) is 11.3 Å². The van der Waals surface area contributed by atoms with Crippen LogP contribution < -0.4 is 0 Å². The van der Waals surface area contributed by atoms with Crippen LogP contribution in [0.5, 0.6) is 0 Å². The summed E-state index contributed by atoms with van der Waals surface area (Å²) >= 11 is 0.953. The lowest BCUT2D eigenvalue weighted by molar-refractivity contribution is -0.137. The van der Waals surface area contributed by atoms with Gasteiger partial charge in [0.15, 0.2) is 0 Å². The van der Waals surface area contributed by atoms with Crippen molar-refractivity contribution in [3.05, 3.63) is 83.9 Å². The lowest BCUT2D eigenvalue weighted by Gasteiger charge is -2.10. The largest absolute Gasteiger partial charge is 0.416 e. The molecule has 0 saturated carbocycles. The van der Waals surface area contributed by atoms with Crippen LogP contribution in [0.15, 0.2) is 77.0 Å². The molecule has 0 aliphatic heterocycles. The van der Waals surface area contributed by atoms with Crippen molar-refractivity contribution < 1.29 is 26.1 Å². The number of nitrogens with zero attached hydrogens (tertiary/aromatic N) is 1. The third-order valence-corrected chi connectivity index (χ3v) is 7.21. The van der Waals surface area contributed by atoms with E-state index >= 15 is 0 Å². The second-order valence-corrected chi connectivity index (χ2v) is 9.90. The third-order valence-electron chi connectivity index (χ3n) is 4.76. The van der Waals surface area contributed by atoms with Crippen LogP contribution in [-0.4, -0.2) is 18.0 Å². The summed E-state index contributed by atoms with van der Waals surface area (Å²) in [5, 5.41) is 0. The van der Waals surface area contributed by atoms with Crippen LogP contribution in [0.2, 0.25) is 0 Å². The lowest BCUT2D eigenvalue weighted by Crippen LogP contribution is -2.04. The number of halogens is 3. The minimum absolute atomic E-state index is 0.142. The van der Waals surface area contributed by atoms with E-state index in [0.717, 1.165) is 40.2 Å². The molecule has 0 aliphatic rings. The molecule has 2 aromatic heterocycles. The summed E-state index contributed by atoms with van der Waals surface area (Å²) in [6.07, 6.45) is -4.40. The van der Waals surface area contributed by atoms with E-state index in [1.54, 1.807) is 18.2 Å². The Balaban J connectivity index is 1.71. The molecule has 2 heterocycles. The maximum atomic E-state index is 12.9. The number of rotatable bonds is 4. The number of benzene rings is 2. The third kappa shape index (κ3) is 4.74. The molecule has 0 radical (unpaired) electrons. The summed E-state index contributed by atoms with van der Waals surface area (Å²) in [6, 6.07) is 18.8. The van der Waals surface area contributed by atoms with E-state index in [1.807, 2.05) is 31.2 Å². The summed E-state index contributed by atoms with van der Waals surface area (Å²) < 4.78 is 70.3. The van der Waals surface area contributed by atoms with Gasteiger partial charge in [-0.3, -0.25) is 4.55 Å². The molecule has 0 amide bonds. The van der Waals surface area contributed by atoms with Crippen molar-refractivity contribution in [2.45, 2.75) is 17.3 Å². The molecule has 4 aromatic rings. The van der Waals surface area contributed by atoms with Gasteiger partial charge in [-0.2, -0.15) is 21.6 Å². The normalized spacial score (nSPS) is 12.2. The second kappa shape index (κ2) is 8.16. The highest BCUT2D eigenvalue weighted by Gasteiger charge is 2.30. The summed E-state index contributed by atoms with van der Waals surface area (Å²) in [4.78, 5) is 5.29. The van der Waals surface area contributed by atoms with Gasteiger partial charge in [0.1, 0.15) is 4.21 Å². The molecule has 32 heavy (non-hydrogen) atoms. The van der Waals surface area contributed by atoms with Crippen LogP contribution in [0, 0.1) is 6.92 Å². The fourth-order valence-electron chi connectivity index (χ4n) is 3.24. The first-order valence-corrected chi connectivity index (χ1v) is 11.6. The number of aryl methyl sites for hydroxylation is 1. The van der Waals surface area contributed by atoms with Gasteiger partial charge in [-0.25, -0.2) is 4.98 Å². The molecule has 0 atom stereocenters. The molecule has 0 unspecified atom stereocenters. The molecule has 4 rings (SSSR count). The first kappa shape index (κ1) is 22.2. The Labute approximate surface area is 186 Å². The van der Waals surface area contributed by atoms with E-state index in [2.05, 4.69) is 4.98 Å². The van der Waals surface area contributed by atoms with Crippen LogP contribution in [-0.2, 0) is 16.3 Å². The SMILES string of the molecule is Cc1cc(-c2ccc(C(F)(F)F)cc2)nc(-c2cccc(-c3ccc(S(=O)(=O)O)s3)c2)c1. The first-order valence-electron chi connectivity index (χ1n) is 9.35. The zero-order valence-electron chi connectivity index (χ0n) is 16.6. The first-order chi connectivity index (χ1) is 15.0. The van der Waals surface area contributed by atoms with E-state index < -0.39 is 21.9 Å². The van der Waals surface area contributed by atoms with Crippen molar-refractivity contribution in [2.24, 2.45) is 0 Å². The van der Waals surface area contributed by atoms with E-state index in [9.17, 15) is 26.1 Å². The molecule has 1 N–H and O–H groups in total. The molecule has 9 heteroatoms. The minimum atomic E-state index is -4.40. The van der Waals surface area contributed by atoms with Gasteiger partial charge in [-0.05, 0) is 60.5 Å². The topological polar surface area (TPSA) is 67.3 Å². The lowest BCUT2D eigenvalue weighted by atomic mass is 10.0. The molecule has 0 spiro atoms. The minimum Gasteiger partial charge on any atom is -0.281 e. The summed E-state index contributed by atoms with van der Waals surface area (Å²) in [5.74, 6) is 0. The number of hydrogen-bond acceptors (Lipinski definition) is 4. The Kier molecular flexibility index (Phi) is 5.66. The Hall–Kier alpha value is -3.01. The molecular formula is C23H16F3NO3S2. The highest BCUT2D eigenvalue weighted by molar-refractivity contribution is 7.88.